The Morgan fingerprint density at radius 2 is 1.73 bits per heavy atom. The lowest BCUT2D eigenvalue weighted by Crippen LogP contribution is -2.49. The van der Waals surface area contributed by atoms with Gasteiger partial charge in [-0.25, -0.2) is 4.79 Å². The van der Waals surface area contributed by atoms with Crippen molar-refractivity contribution in [3.05, 3.63) is 24.3 Å². The summed E-state index contributed by atoms with van der Waals surface area (Å²) < 4.78 is 4.99. The Labute approximate surface area is 153 Å². The summed E-state index contributed by atoms with van der Waals surface area (Å²) in [5.41, 5.74) is 1.29. The smallest absolute Gasteiger partial charge is 0.409 e. The van der Waals surface area contributed by atoms with Crippen molar-refractivity contribution in [2.75, 3.05) is 50.0 Å². The number of hydrogen-bond donors (Lipinski definition) is 2. The van der Waals surface area contributed by atoms with Crippen molar-refractivity contribution < 1.29 is 19.1 Å². The standard InChI is InChI=1S/C18H26N4O4/c1-3-26-18(25)22-11-9-21(10-12-22)8-7-17(24)20-16-6-4-5-15(13-16)19-14(2)23/h4-6,13H,3,7-12H2,1-2H3,(H,19,23)(H,20,24). The quantitative estimate of drug-likeness (QED) is 0.804. The molecular formula is C18H26N4O4. The lowest BCUT2D eigenvalue weighted by Gasteiger charge is -2.33. The Kier molecular flexibility index (Phi) is 7.40. The third-order valence-corrected chi connectivity index (χ3v) is 4.02. The fourth-order valence-electron chi connectivity index (χ4n) is 2.73. The Morgan fingerprint density at radius 1 is 1.08 bits per heavy atom. The third-order valence-electron chi connectivity index (χ3n) is 4.02. The monoisotopic (exact) mass is 362 g/mol. The largest absolute Gasteiger partial charge is 0.450 e. The maximum Gasteiger partial charge on any atom is 0.409 e. The van der Waals surface area contributed by atoms with Crippen LogP contribution in [0, 0.1) is 0 Å². The van der Waals surface area contributed by atoms with Gasteiger partial charge in [-0.1, -0.05) is 6.07 Å². The first-order chi connectivity index (χ1) is 12.5. The molecule has 0 atom stereocenters. The van der Waals surface area contributed by atoms with Crippen LogP contribution >= 0.6 is 0 Å². The summed E-state index contributed by atoms with van der Waals surface area (Å²) in [6.45, 7) is 6.91. The second kappa shape index (κ2) is 9.76. The first kappa shape index (κ1) is 19.7. The van der Waals surface area contributed by atoms with Crippen molar-refractivity contribution in [2.45, 2.75) is 20.3 Å². The van der Waals surface area contributed by atoms with Gasteiger partial charge in [0.15, 0.2) is 0 Å². The van der Waals surface area contributed by atoms with Crippen molar-refractivity contribution in [3.8, 4) is 0 Å². The van der Waals surface area contributed by atoms with Crippen LogP contribution in [-0.4, -0.2) is 67.0 Å². The molecule has 1 saturated heterocycles. The molecular weight excluding hydrogens is 336 g/mol. The average Bonchev–Trinajstić information content (AvgIpc) is 2.60. The van der Waals surface area contributed by atoms with Crippen LogP contribution in [-0.2, 0) is 14.3 Å². The van der Waals surface area contributed by atoms with Crippen LogP contribution < -0.4 is 10.6 Å². The van der Waals surface area contributed by atoms with E-state index in [-0.39, 0.29) is 17.9 Å². The van der Waals surface area contributed by atoms with Gasteiger partial charge in [-0.2, -0.15) is 0 Å². The van der Waals surface area contributed by atoms with Crippen LogP contribution in [0.5, 0.6) is 0 Å². The van der Waals surface area contributed by atoms with Gasteiger partial charge in [0.25, 0.3) is 0 Å². The number of nitrogens with one attached hydrogen (secondary N) is 2. The number of anilines is 2. The fraction of sp³-hybridized carbons (Fsp3) is 0.500. The zero-order valence-corrected chi connectivity index (χ0v) is 15.3. The number of carbonyl (C=O) groups is 3. The molecule has 3 amide bonds. The summed E-state index contributed by atoms with van der Waals surface area (Å²) in [5.74, 6) is -0.242. The van der Waals surface area contributed by atoms with E-state index in [1.54, 1.807) is 36.1 Å². The SMILES string of the molecule is CCOC(=O)N1CCN(CCC(=O)Nc2cccc(NC(C)=O)c2)CC1. The minimum absolute atomic E-state index is 0.0854. The van der Waals surface area contributed by atoms with Crippen LogP contribution in [0.2, 0.25) is 0 Å². The fourth-order valence-corrected chi connectivity index (χ4v) is 2.73. The van der Waals surface area contributed by atoms with Crippen LogP contribution in [0.25, 0.3) is 0 Å². The molecule has 8 heteroatoms. The number of amides is 3. The van der Waals surface area contributed by atoms with Gasteiger partial charge in [0.2, 0.25) is 11.8 Å². The average molecular weight is 362 g/mol. The molecule has 142 valence electrons. The van der Waals surface area contributed by atoms with Crippen molar-refractivity contribution in [2.24, 2.45) is 0 Å². The molecule has 1 fully saturated rings. The van der Waals surface area contributed by atoms with Crippen LogP contribution in [0.3, 0.4) is 0 Å². The van der Waals surface area contributed by atoms with Crippen molar-refractivity contribution in [3.63, 3.8) is 0 Å². The van der Waals surface area contributed by atoms with Crippen LogP contribution in [0.1, 0.15) is 20.3 Å². The number of hydrogen-bond acceptors (Lipinski definition) is 5. The van der Waals surface area contributed by atoms with Gasteiger partial charge in [0, 0.05) is 57.4 Å². The van der Waals surface area contributed by atoms with E-state index in [0.29, 0.717) is 44.0 Å². The molecule has 1 aromatic rings. The maximum atomic E-state index is 12.1. The molecule has 0 spiro atoms. The van der Waals surface area contributed by atoms with Crippen LogP contribution in [0.15, 0.2) is 24.3 Å². The normalized spacial score (nSPS) is 14.6. The number of benzene rings is 1. The number of ether oxygens (including phenoxy) is 1. The highest BCUT2D eigenvalue weighted by molar-refractivity contribution is 5.93. The number of nitrogens with zero attached hydrogens (tertiary/aromatic N) is 2. The predicted molar refractivity (Wildman–Crippen MR) is 99.0 cm³/mol. The van der Waals surface area contributed by atoms with E-state index >= 15 is 0 Å². The highest BCUT2D eigenvalue weighted by atomic mass is 16.6. The van der Waals surface area contributed by atoms with Crippen LogP contribution in [0.4, 0.5) is 16.2 Å². The summed E-state index contributed by atoms with van der Waals surface area (Å²) >= 11 is 0. The van der Waals surface area contributed by atoms with E-state index in [1.807, 2.05) is 0 Å². The molecule has 0 bridgehead atoms. The Morgan fingerprint density at radius 3 is 2.35 bits per heavy atom. The van der Waals surface area contributed by atoms with E-state index in [9.17, 15) is 14.4 Å². The molecule has 0 unspecified atom stereocenters. The van der Waals surface area contributed by atoms with Gasteiger partial charge in [-0.3, -0.25) is 14.5 Å². The minimum atomic E-state index is -0.274. The second-order valence-corrected chi connectivity index (χ2v) is 6.09. The Balaban J connectivity index is 1.73. The van der Waals surface area contributed by atoms with Crippen molar-refractivity contribution in [1.29, 1.82) is 0 Å². The minimum Gasteiger partial charge on any atom is -0.450 e. The van der Waals surface area contributed by atoms with Crippen molar-refractivity contribution >= 4 is 29.3 Å². The van der Waals surface area contributed by atoms with E-state index in [0.717, 1.165) is 13.1 Å². The number of carbonyl (C=O) groups excluding carboxylic acids is 3. The molecule has 0 aromatic heterocycles. The molecule has 1 aliphatic rings. The zero-order chi connectivity index (χ0) is 18.9. The highest BCUT2D eigenvalue weighted by Gasteiger charge is 2.22. The van der Waals surface area contributed by atoms with Gasteiger partial charge in [0.1, 0.15) is 0 Å². The lowest BCUT2D eigenvalue weighted by molar-refractivity contribution is -0.116. The lowest BCUT2D eigenvalue weighted by atomic mass is 10.2. The second-order valence-electron chi connectivity index (χ2n) is 6.09. The summed E-state index contributed by atoms with van der Waals surface area (Å²) in [7, 11) is 0. The van der Waals surface area contributed by atoms with Gasteiger partial charge < -0.3 is 20.3 Å². The third kappa shape index (κ3) is 6.36. The van der Waals surface area contributed by atoms with Gasteiger partial charge in [-0.05, 0) is 25.1 Å². The van der Waals surface area contributed by atoms with E-state index < -0.39 is 0 Å². The topological polar surface area (TPSA) is 91.0 Å². The molecule has 1 heterocycles. The first-order valence-electron chi connectivity index (χ1n) is 8.79. The maximum absolute atomic E-state index is 12.1. The molecule has 1 aromatic carbocycles. The molecule has 26 heavy (non-hydrogen) atoms. The van der Waals surface area contributed by atoms with E-state index in [4.69, 9.17) is 4.74 Å². The number of rotatable bonds is 6. The molecule has 0 saturated carbocycles. The summed E-state index contributed by atoms with van der Waals surface area (Å²) in [5, 5.41) is 5.52. The van der Waals surface area contributed by atoms with Gasteiger partial charge in [0.05, 0.1) is 6.61 Å². The van der Waals surface area contributed by atoms with Gasteiger partial charge >= 0.3 is 6.09 Å². The molecule has 1 aliphatic heterocycles. The summed E-state index contributed by atoms with van der Waals surface area (Å²) in [6.07, 6.45) is 0.0907. The Bertz CT molecular complexity index is 642. The molecule has 8 nitrogen and oxygen atoms in total. The summed E-state index contributed by atoms with van der Waals surface area (Å²) in [6, 6.07) is 7.04. The molecule has 0 radical (unpaired) electrons. The van der Waals surface area contributed by atoms with E-state index in [2.05, 4.69) is 15.5 Å². The highest BCUT2D eigenvalue weighted by Crippen LogP contribution is 2.15. The first-order valence-corrected chi connectivity index (χ1v) is 8.79. The molecule has 2 rings (SSSR count). The number of piperazine rings is 1. The summed E-state index contributed by atoms with van der Waals surface area (Å²) in [4.78, 5) is 38.7. The zero-order valence-electron chi connectivity index (χ0n) is 15.3. The van der Waals surface area contributed by atoms with Crippen molar-refractivity contribution in [1.82, 2.24) is 9.80 Å². The Hall–Kier alpha value is -2.61. The predicted octanol–water partition coefficient (Wildman–Crippen LogP) is 1.75. The van der Waals surface area contributed by atoms with Gasteiger partial charge in [-0.15, -0.1) is 0 Å². The van der Waals surface area contributed by atoms with E-state index in [1.165, 1.54) is 6.92 Å². The molecule has 2 N–H and O–H groups in total. The molecule has 0 aliphatic carbocycles.